The lowest BCUT2D eigenvalue weighted by atomic mass is 9.85. The summed E-state index contributed by atoms with van der Waals surface area (Å²) in [7, 11) is 0. The lowest BCUT2D eigenvalue weighted by Gasteiger charge is -2.21. The summed E-state index contributed by atoms with van der Waals surface area (Å²) < 4.78 is 5.15. The van der Waals surface area contributed by atoms with Gasteiger partial charge in [-0.05, 0) is 30.9 Å². The van der Waals surface area contributed by atoms with Crippen molar-refractivity contribution in [1.29, 1.82) is 0 Å². The van der Waals surface area contributed by atoms with Gasteiger partial charge < -0.3 is 4.74 Å². The minimum absolute atomic E-state index is 0.341. The molecule has 2 aromatic rings. The van der Waals surface area contributed by atoms with E-state index in [-0.39, 0.29) is 17.6 Å². The van der Waals surface area contributed by atoms with E-state index in [0.717, 1.165) is 16.0 Å². The Bertz CT molecular complexity index is 1020. The van der Waals surface area contributed by atoms with E-state index in [0.29, 0.717) is 18.4 Å². The molecule has 4 rings (SSSR count). The van der Waals surface area contributed by atoms with Crippen molar-refractivity contribution >= 4 is 23.6 Å². The van der Waals surface area contributed by atoms with Gasteiger partial charge in [0.25, 0.3) is 0 Å². The molecule has 0 bridgehead atoms. The highest BCUT2D eigenvalue weighted by molar-refractivity contribution is 6.08. The molecule has 1 aliphatic carbocycles. The largest absolute Gasteiger partial charge is 0.456 e. The number of allylic oxidation sites excluding steroid dienone is 2. The maximum absolute atomic E-state index is 12.6. The molecule has 0 aromatic heterocycles. The van der Waals surface area contributed by atoms with Crippen molar-refractivity contribution in [3.8, 4) is 11.1 Å². The average molecular weight is 417 g/mol. The number of ether oxygens (including phenoxy) is 1. The highest BCUT2D eigenvalue weighted by Gasteiger charge is 2.50. The normalized spacial score (nSPS) is 21.0. The van der Waals surface area contributed by atoms with Crippen molar-refractivity contribution in [3.63, 3.8) is 0 Å². The molecule has 1 saturated heterocycles. The molecule has 2 aliphatic rings. The predicted molar refractivity (Wildman–Crippen MR) is 114 cm³/mol. The van der Waals surface area contributed by atoms with Crippen LogP contribution in [0.25, 0.3) is 11.1 Å². The number of benzene rings is 2. The molecular formula is C25H23NO5. The van der Waals surface area contributed by atoms with Crippen LogP contribution in [0.15, 0.2) is 66.7 Å². The minimum atomic E-state index is -1.06. The van der Waals surface area contributed by atoms with Gasteiger partial charge in [0, 0.05) is 5.56 Å². The van der Waals surface area contributed by atoms with Gasteiger partial charge in [0.05, 0.1) is 11.8 Å². The first-order valence-corrected chi connectivity index (χ1v) is 10.3. The molecule has 1 heterocycles. The van der Waals surface area contributed by atoms with Crippen molar-refractivity contribution in [2.75, 3.05) is 6.61 Å². The molecule has 1 aliphatic heterocycles. The summed E-state index contributed by atoms with van der Waals surface area (Å²) in [6.07, 6.45) is 4.79. The van der Waals surface area contributed by atoms with Crippen LogP contribution in [-0.2, 0) is 19.1 Å². The van der Waals surface area contributed by atoms with E-state index in [1.165, 1.54) is 6.92 Å². The Morgan fingerprint density at radius 1 is 0.903 bits per heavy atom. The number of esters is 1. The number of carbonyl (C=O) groups excluding carboxylic acids is 4. The van der Waals surface area contributed by atoms with E-state index < -0.39 is 30.5 Å². The molecular weight excluding hydrogens is 394 g/mol. The van der Waals surface area contributed by atoms with Gasteiger partial charge >= 0.3 is 5.97 Å². The highest BCUT2D eigenvalue weighted by atomic mass is 16.5. The van der Waals surface area contributed by atoms with Crippen LogP contribution < -0.4 is 0 Å². The van der Waals surface area contributed by atoms with Crippen LogP contribution in [0.4, 0.5) is 0 Å². The standard InChI is InChI=1S/C25H23NO5/c1-16(26-23(28)20-9-5-6-10-21(20)24(26)29)25(30)31-15-22(27)19-13-11-18(12-14-19)17-7-3-2-4-8-17/h2-8,11-14,16,20-21H,9-10,15H2,1H3/t16-,20+,21+/m0/s1. The van der Waals surface area contributed by atoms with Gasteiger partial charge in [-0.3, -0.25) is 19.3 Å². The van der Waals surface area contributed by atoms with Gasteiger partial charge in [-0.1, -0.05) is 66.7 Å². The maximum atomic E-state index is 12.6. The lowest BCUT2D eigenvalue weighted by Crippen LogP contribution is -2.44. The van der Waals surface area contributed by atoms with Gasteiger partial charge in [-0.15, -0.1) is 0 Å². The van der Waals surface area contributed by atoms with Crippen LogP contribution in [0.1, 0.15) is 30.1 Å². The summed E-state index contributed by atoms with van der Waals surface area (Å²) in [6.45, 7) is 1.01. The number of ketones is 1. The van der Waals surface area contributed by atoms with Crippen LogP contribution in [0.5, 0.6) is 0 Å². The SMILES string of the molecule is C[C@@H](C(=O)OCC(=O)c1ccc(-c2ccccc2)cc1)N1C(=O)[C@@H]2CC=CC[C@H]2C1=O. The van der Waals surface area contributed by atoms with E-state index >= 15 is 0 Å². The summed E-state index contributed by atoms with van der Waals surface area (Å²) in [4.78, 5) is 51.1. The molecule has 0 N–H and O–H groups in total. The second-order valence-corrected chi connectivity index (χ2v) is 7.85. The van der Waals surface area contributed by atoms with Crippen LogP contribution in [0.3, 0.4) is 0 Å². The smallest absolute Gasteiger partial charge is 0.329 e. The molecule has 2 amide bonds. The topological polar surface area (TPSA) is 80.8 Å². The Kier molecular flexibility index (Phi) is 5.80. The number of fused-ring (bicyclic) bond motifs is 1. The Labute approximate surface area is 180 Å². The lowest BCUT2D eigenvalue weighted by molar-refractivity contribution is -0.157. The third-order valence-electron chi connectivity index (χ3n) is 5.93. The Hall–Kier alpha value is -3.54. The average Bonchev–Trinajstić information content (AvgIpc) is 3.07. The van der Waals surface area contributed by atoms with E-state index in [4.69, 9.17) is 4.74 Å². The van der Waals surface area contributed by atoms with Crippen LogP contribution in [0.2, 0.25) is 0 Å². The Morgan fingerprint density at radius 3 is 2.03 bits per heavy atom. The maximum Gasteiger partial charge on any atom is 0.329 e. The van der Waals surface area contributed by atoms with Gasteiger partial charge in [0.2, 0.25) is 11.8 Å². The number of Topliss-reactive ketones (excluding diaryl/α,β-unsaturated/α-hetero) is 1. The first-order chi connectivity index (χ1) is 15.0. The number of imide groups is 1. The molecule has 0 saturated carbocycles. The van der Waals surface area contributed by atoms with E-state index in [9.17, 15) is 19.2 Å². The van der Waals surface area contributed by atoms with E-state index in [1.807, 2.05) is 54.6 Å². The van der Waals surface area contributed by atoms with Crippen molar-refractivity contribution in [2.24, 2.45) is 11.8 Å². The fraction of sp³-hybridized carbons (Fsp3) is 0.280. The van der Waals surface area contributed by atoms with Crippen molar-refractivity contribution in [1.82, 2.24) is 4.90 Å². The van der Waals surface area contributed by atoms with Gasteiger partial charge in [0.1, 0.15) is 6.04 Å². The second kappa shape index (κ2) is 8.68. The molecule has 1 fully saturated rings. The van der Waals surface area contributed by atoms with Gasteiger partial charge in [-0.2, -0.15) is 0 Å². The molecule has 6 heteroatoms. The quantitative estimate of drug-likeness (QED) is 0.311. The molecule has 2 aromatic carbocycles. The number of carbonyl (C=O) groups is 4. The van der Waals surface area contributed by atoms with E-state index in [2.05, 4.69) is 0 Å². The summed E-state index contributed by atoms with van der Waals surface area (Å²) in [5.41, 5.74) is 2.44. The monoisotopic (exact) mass is 417 g/mol. The van der Waals surface area contributed by atoms with Crippen LogP contribution >= 0.6 is 0 Å². The Balaban J connectivity index is 1.35. The number of hydrogen-bond donors (Lipinski definition) is 0. The predicted octanol–water partition coefficient (Wildman–Crippen LogP) is 3.42. The fourth-order valence-electron chi connectivity index (χ4n) is 4.13. The number of rotatable bonds is 6. The zero-order chi connectivity index (χ0) is 22.0. The molecule has 0 spiro atoms. The number of nitrogens with zero attached hydrogens (tertiary/aromatic N) is 1. The zero-order valence-electron chi connectivity index (χ0n) is 17.2. The Morgan fingerprint density at radius 2 is 1.45 bits per heavy atom. The number of likely N-dealkylation sites (tertiary alicyclic amines) is 1. The van der Waals surface area contributed by atoms with Crippen molar-refractivity contribution < 1.29 is 23.9 Å². The van der Waals surface area contributed by atoms with E-state index in [1.54, 1.807) is 12.1 Å². The molecule has 0 unspecified atom stereocenters. The molecule has 158 valence electrons. The third-order valence-corrected chi connectivity index (χ3v) is 5.93. The number of hydrogen-bond acceptors (Lipinski definition) is 5. The molecule has 3 atom stereocenters. The van der Waals surface area contributed by atoms with Crippen LogP contribution in [-0.4, -0.2) is 41.1 Å². The third kappa shape index (κ3) is 4.06. The van der Waals surface area contributed by atoms with Gasteiger partial charge in [0.15, 0.2) is 12.4 Å². The molecule has 31 heavy (non-hydrogen) atoms. The fourth-order valence-corrected chi connectivity index (χ4v) is 4.13. The first-order valence-electron chi connectivity index (χ1n) is 10.3. The van der Waals surface area contributed by atoms with Crippen LogP contribution in [0, 0.1) is 11.8 Å². The van der Waals surface area contributed by atoms with Crippen molar-refractivity contribution in [3.05, 3.63) is 72.3 Å². The zero-order valence-corrected chi connectivity index (χ0v) is 17.2. The molecule has 6 nitrogen and oxygen atoms in total. The second-order valence-electron chi connectivity index (χ2n) is 7.85. The summed E-state index contributed by atoms with van der Waals surface area (Å²) in [5, 5.41) is 0. The van der Waals surface area contributed by atoms with Gasteiger partial charge in [-0.25, -0.2) is 4.79 Å². The summed E-state index contributed by atoms with van der Waals surface area (Å²) >= 11 is 0. The summed E-state index contributed by atoms with van der Waals surface area (Å²) in [5.74, 6) is -2.60. The molecule has 0 radical (unpaired) electrons. The summed E-state index contributed by atoms with van der Waals surface area (Å²) in [6, 6.07) is 15.8. The highest BCUT2D eigenvalue weighted by Crippen LogP contribution is 2.36. The number of amides is 2. The first kappa shape index (κ1) is 20.7. The minimum Gasteiger partial charge on any atom is -0.456 e. The van der Waals surface area contributed by atoms with Crippen molar-refractivity contribution in [2.45, 2.75) is 25.8 Å².